The maximum Gasteiger partial charge on any atom is 0.119 e. The quantitative estimate of drug-likeness (QED) is 0.786. The molecule has 1 aliphatic heterocycles. The zero-order valence-corrected chi connectivity index (χ0v) is 14.7. The Bertz CT molecular complexity index is 440. The molecule has 0 aliphatic carbocycles. The molecule has 0 spiro atoms. The molecule has 1 atom stereocenters. The largest absolute Gasteiger partial charge is 0.497 e. The van der Waals surface area contributed by atoms with Gasteiger partial charge in [0.15, 0.2) is 0 Å². The lowest BCUT2D eigenvalue weighted by Gasteiger charge is -2.37. The Kier molecular flexibility index (Phi) is 7.15. The second kappa shape index (κ2) is 9.11. The van der Waals surface area contributed by atoms with Gasteiger partial charge in [-0.05, 0) is 37.4 Å². The lowest BCUT2D eigenvalue weighted by molar-refractivity contribution is 0.0749. The minimum Gasteiger partial charge on any atom is -0.497 e. The van der Waals surface area contributed by atoms with Crippen molar-refractivity contribution in [1.82, 2.24) is 9.80 Å². The maximum absolute atomic E-state index is 10.3. The minimum atomic E-state index is -0.262. The smallest absolute Gasteiger partial charge is 0.119 e. The number of benzene rings is 1. The van der Waals surface area contributed by atoms with Gasteiger partial charge in [-0.3, -0.25) is 4.90 Å². The predicted octanol–water partition coefficient (Wildman–Crippen LogP) is 1.52. The van der Waals surface area contributed by atoms with Gasteiger partial charge in [-0.15, -0.1) is 0 Å². The Hall–Kier alpha value is -1.30. The highest BCUT2D eigenvalue weighted by atomic mass is 16.5. The highest BCUT2D eigenvalue weighted by Crippen LogP contribution is 2.20. The summed E-state index contributed by atoms with van der Waals surface area (Å²) >= 11 is 0. The molecule has 130 valence electrons. The number of methoxy groups -OCH3 is 1. The van der Waals surface area contributed by atoms with Crippen LogP contribution in [0.15, 0.2) is 24.3 Å². The molecule has 1 heterocycles. The van der Waals surface area contributed by atoms with Gasteiger partial charge in [-0.25, -0.2) is 0 Å². The number of piperazine rings is 1. The van der Waals surface area contributed by atoms with Gasteiger partial charge in [0.25, 0.3) is 0 Å². The molecule has 1 aromatic carbocycles. The van der Waals surface area contributed by atoms with E-state index in [1.165, 1.54) is 5.69 Å². The highest BCUT2D eigenvalue weighted by Gasteiger charge is 2.20. The minimum absolute atomic E-state index is 0.262. The molecule has 1 fully saturated rings. The van der Waals surface area contributed by atoms with Crippen molar-refractivity contribution in [1.29, 1.82) is 0 Å². The third-order valence-electron chi connectivity index (χ3n) is 4.64. The summed E-state index contributed by atoms with van der Waals surface area (Å²) in [6.07, 6.45) is -0.262. The van der Waals surface area contributed by atoms with Crippen LogP contribution >= 0.6 is 0 Å². The van der Waals surface area contributed by atoms with Gasteiger partial charge in [0.05, 0.1) is 13.2 Å². The van der Waals surface area contributed by atoms with E-state index in [0.717, 1.165) is 58.1 Å². The fourth-order valence-electron chi connectivity index (χ4n) is 3.12. The van der Waals surface area contributed by atoms with Crippen LogP contribution in [-0.4, -0.2) is 80.5 Å². The zero-order chi connectivity index (χ0) is 16.7. The number of β-amino-alcohol motifs (C(OH)–C–C–N with tert-alkyl or cyclic N) is 1. The molecule has 2 rings (SSSR count). The molecule has 0 unspecified atom stereocenters. The van der Waals surface area contributed by atoms with Crippen molar-refractivity contribution >= 4 is 5.69 Å². The normalized spacial score (nSPS) is 17.5. The van der Waals surface area contributed by atoms with Crippen LogP contribution in [0.1, 0.15) is 13.8 Å². The molecule has 1 N–H and O–H groups in total. The lowest BCUT2D eigenvalue weighted by atomic mass is 10.2. The van der Waals surface area contributed by atoms with Gasteiger partial charge < -0.3 is 19.6 Å². The van der Waals surface area contributed by atoms with Crippen molar-refractivity contribution < 1.29 is 9.84 Å². The zero-order valence-electron chi connectivity index (χ0n) is 14.7. The first-order valence-corrected chi connectivity index (χ1v) is 8.68. The van der Waals surface area contributed by atoms with E-state index in [-0.39, 0.29) is 6.10 Å². The Balaban J connectivity index is 1.76. The lowest BCUT2D eigenvalue weighted by Crippen LogP contribution is -2.50. The van der Waals surface area contributed by atoms with Gasteiger partial charge in [0, 0.05) is 45.0 Å². The number of ether oxygens (including phenoxy) is 1. The fourth-order valence-corrected chi connectivity index (χ4v) is 3.12. The number of anilines is 1. The number of likely N-dealkylation sites (N-methyl/N-ethyl adjacent to an activating group) is 1. The van der Waals surface area contributed by atoms with Crippen LogP contribution < -0.4 is 9.64 Å². The summed E-state index contributed by atoms with van der Waals surface area (Å²) in [7, 11) is 1.69. The van der Waals surface area contributed by atoms with Crippen LogP contribution in [0.2, 0.25) is 0 Å². The number of aliphatic hydroxyl groups excluding tert-OH is 1. The van der Waals surface area contributed by atoms with Crippen molar-refractivity contribution in [2.75, 3.05) is 64.4 Å². The number of nitrogens with zero attached hydrogens (tertiary/aromatic N) is 3. The summed E-state index contributed by atoms with van der Waals surface area (Å²) in [5, 5.41) is 10.3. The van der Waals surface area contributed by atoms with E-state index >= 15 is 0 Å². The van der Waals surface area contributed by atoms with Crippen molar-refractivity contribution in [2.45, 2.75) is 20.0 Å². The molecule has 5 nitrogen and oxygen atoms in total. The standard InChI is InChI=1S/C18H31N3O2/c1-4-19(5-2)14-17(22)15-20-10-12-21(13-11-20)16-6-8-18(23-3)9-7-16/h6-9,17,22H,4-5,10-15H2,1-3H3/t17-/m0/s1. The first kappa shape index (κ1) is 18.0. The highest BCUT2D eigenvalue weighted by molar-refractivity contribution is 5.49. The summed E-state index contributed by atoms with van der Waals surface area (Å²) in [6.45, 7) is 11.8. The van der Waals surface area contributed by atoms with E-state index in [9.17, 15) is 5.11 Å². The number of hydrogen-bond acceptors (Lipinski definition) is 5. The molecule has 1 aromatic rings. The fraction of sp³-hybridized carbons (Fsp3) is 0.667. The molecule has 0 aromatic heterocycles. The first-order chi connectivity index (χ1) is 11.2. The monoisotopic (exact) mass is 321 g/mol. The molecular formula is C18H31N3O2. The van der Waals surface area contributed by atoms with E-state index in [1.54, 1.807) is 7.11 Å². The molecule has 23 heavy (non-hydrogen) atoms. The van der Waals surface area contributed by atoms with Gasteiger partial charge in [-0.2, -0.15) is 0 Å². The van der Waals surface area contributed by atoms with Crippen LogP contribution in [0.3, 0.4) is 0 Å². The Labute approximate surface area is 140 Å². The Morgan fingerprint density at radius 3 is 2.22 bits per heavy atom. The number of aliphatic hydroxyl groups is 1. The van der Waals surface area contributed by atoms with Gasteiger partial charge in [0.1, 0.15) is 5.75 Å². The van der Waals surface area contributed by atoms with E-state index in [2.05, 4.69) is 40.7 Å². The van der Waals surface area contributed by atoms with Crippen LogP contribution in [0.5, 0.6) is 5.75 Å². The van der Waals surface area contributed by atoms with Crippen molar-refractivity contribution in [3.05, 3.63) is 24.3 Å². The summed E-state index contributed by atoms with van der Waals surface area (Å²) in [5.74, 6) is 0.895. The molecule has 0 saturated carbocycles. The Morgan fingerprint density at radius 1 is 1.09 bits per heavy atom. The molecule has 5 heteroatoms. The van der Waals surface area contributed by atoms with E-state index in [1.807, 2.05) is 12.1 Å². The van der Waals surface area contributed by atoms with Gasteiger partial charge >= 0.3 is 0 Å². The van der Waals surface area contributed by atoms with E-state index in [0.29, 0.717) is 0 Å². The summed E-state index contributed by atoms with van der Waals surface area (Å²) in [4.78, 5) is 7.04. The maximum atomic E-state index is 10.3. The van der Waals surface area contributed by atoms with Gasteiger partial charge in [-0.1, -0.05) is 13.8 Å². The third-order valence-corrected chi connectivity index (χ3v) is 4.64. The Morgan fingerprint density at radius 2 is 1.70 bits per heavy atom. The average Bonchev–Trinajstić information content (AvgIpc) is 2.60. The summed E-state index contributed by atoms with van der Waals surface area (Å²) in [6, 6.07) is 8.25. The SMILES string of the molecule is CCN(CC)C[C@H](O)CN1CCN(c2ccc(OC)cc2)CC1. The van der Waals surface area contributed by atoms with Crippen molar-refractivity contribution in [3.63, 3.8) is 0 Å². The predicted molar refractivity (Wildman–Crippen MR) is 95.4 cm³/mol. The first-order valence-electron chi connectivity index (χ1n) is 8.68. The number of hydrogen-bond donors (Lipinski definition) is 1. The molecule has 1 saturated heterocycles. The number of rotatable bonds is 8. The van der Waals surface area contributed by atoms with Crippen LogP contribution in [0.25, 0.3) is 0 Å². The topological polar surface area (TPSA) is 39.2 Å². The summed E-state index contributed by atoms with van der Waals surface area (Å²) in [5.41, 5.74) is 1.24. The third kappa shape index (κ3) is 5.37. The molecular weight excluding hydrogens is 290 g/mol. The average molecular weight is 321 g/mol. The van der Waals surface area contributed by atoms with Gasteiger partial charge in [0.2, 0.25) is 0 Å². The van der Waals surface area contributed by atoms with E-state index < -0.39 is 0 Å². The van der Waals surface area contributed by atoms with Crippen LogP contribution in [-0.2, 0) is 0 Å². The van der Waals surface area contributed by atoms with Crippen LogP contribution in [0, 0.1) is 0 Å². The summed E-state index contributed by atoms with van der Waals surface area (Å²) < 4.78 is 5.21. The molecule has 1 aliphatic rings. The van der Waals surface area contributed by atoms with Crippen molar-refractivity contribution in [3.8, 4) is 5.75 Å². The molecule has 0 amide bonds. The van der Waals surface area contributed by atoms with E-state index in [4.69, 9.17) is 4.74 Å². The second-order valence-corrected chi connectivity index (χ2v) is 6.13. The second-order valence-electron chi connectivity index (χ2n) is 6.13. The van der Waals surface area contributed by atoms with Crippen molar-refractivity contribution in [2.24, 2.45) is 0 Å². The molecule has 0 radical (unpaired) electrons. The molecule has 0 bridgehead atoms. The van der Waals surface area contributed by atoms with Crippen LogP contribution in [0.4, 0.5) is 5.69 Å².